The Labute approximate surface area is 170 Å². The van der Waals surface area contributed by atoms with Crippen molar-refractivity contribution in [2.75, 3.05) is 11.9 Å². The molecule has 0 aliphatic rings. The number of carbonyl (C=O) groups is 1. The van der Waals surface area contributed by atoms with Crippen LogP contribution in [0.1, 0.15) is 18.2 Å². The second-order valence-electron chi connectivity index (χ2n) is 5.23. The summed E-state index contributed by atoms with van der Waals surface area (Å²) in [5.74, 6) is 0.519. The molecule has 0 bridgehead atoms. The van der Waals surface area contributed by atoms with Crippen LogP contribution < -0.4 is 5.32 Å². The lowest BCUT2D eigenvalue weighted by molar-refractivity contribution is -0.137. The lowest BCUT2D eigenvalue weighted by atomic mass is 10.1. The lowest BCUT2D eigenvalue weighted by Gasteiger charge is -2.06. The zero-order chi connectivity index (χ0) is 20.1. The van der Waals surface area contributed by atoms with E-state index >= 15 is 0 Å². The van der Waals surface area contributed by atoms with Crippen LogP contribution in [-0.2, 0) is 16.7 Å². The first-order valence-corrected chi connectivity index (χ1v) is 10.6. The van der Waals surface area contributed by atoms with Gasteiger partial charge in [-0.25, -0.2) is 9.78 Å². The summed E-state index contributed by atoms with van der Waals surface area (Å²) >= 11 is 3.97. The number of benzene rings is 1. The molecule has 6 nitrogen and oxygen atoms in total. The van der Waals surface area contributed by atoms with Crippen molar-refractivity contribution in [3.8, 4) is 10.6 Å². The highest BCUT2D eigenvalue weighted by Gasteiger charge is 2.30. The van der Waals surface area contributed by atoms with Crippen LogP contribution in [-0.4, -0.2) is 27.9 Å². The molecule has 0 spiro atoms. The van der Waals surface area contributed by atoms with Gasteiger partial charge in [-0.3, -0.25) is 5.32 Å². The molecule has 0 atom stereocenters. The van der Waals surface area contributed by atoms with Crippen LogP contribution in [0.4, 0.5) is 23.1 Å². The summed E-state index contributed by atoms with van der Waals surface area (Å²) in [6.45, 7) is 1.96. The number of halogens is 3. The Hall–Kier alpha value is -2.18. The highest BCUT2D eigenvalue weighted by Crippen LogP contribution is 2.33. The van der Waals surface area contributed by atoms with E-state index in [9.17, 15) is 18.0 Å². The van der Waals surface area contributed by atoms with Crippen molar-refractivity contribution in [1.29, 1.82) is 0 Å². The Morgan fingerprint density at radius 1 is 1.25 bits per heavy atom. The Balaban J connectivity index is 1.58. The van der Waals surface area contributed by atoms with E-state index in [1.807, 2.05) is 5.38 Å². The average Bonchev–Trinajstić information content (AvgIpc) is 3.29. The van der Waals surface area contributed by atoms with E-state index in [1.165, 1.54) is 46.6 Å². The number of aromatic nitrogens is 3. The molecule has 3 aromatic rings. The van der Waals surface area contributed by atoms with Gasteiger partial charge in [-0.15, -0.1) is 21.5 Å². The van der Waals surface area contributed by atoms with Gasteiger partial charge in [0.2, 0.25) is 5.13 Å². The van der Waals surface area contributed by atoms with Gasteiger partial charge in [-0.1, -0.05) is 35.2 Å². The van der Waals surface area contributed by atoms with Crippen LogP contribution in [0.25, 0.3) is 10.6 Å². The van der Waals surface area contributed by atoms with Crippen LogP contribution in [0, 0.1) is 0 Å². The summed E-state index contributed by atoms with van der Waals surface area (Å²) in [5, 5.41) is 13.1. The molecular formula is C16H13F3N4O2S3. The Morgan fingerprint density at radius 3 is 2.68 bits per heavy atom. The van der Waals surface area contributed by atoms with Gasteiger partial charge >= 0.3 is 12.3 Å². The van der Waals surface area contributed by atoms with E-state index in [2.05, 4.69) is 20.5 Å². The molecule has 28 heavy (non-hydrogen) atoms. The summed E-state index contributed by atoms with van der Waals surface area (Å²) in [7, 11) is 0. The second-order valence-corrected chi connectivity index (χ2v) is 8.28. The lowest BCUT2D eigenvalue weighted by Crippen LogP contribution is -2.12. The molecule has 2 aromatic heterocycles. The van der Waals surface area contributed by atoms with E-state index in [0.717, 1.165) is 17.8 Å². The predicted molar refractivity (Wildman–Crippen MR) is 103 cm³/mol. The van der Waals surface area contributed by atoms with Crippen molar-refractivity contribution < 1.29 is 22.7 Å². The highest BCUT2D eigenvalue weighted by molar-refractivity contribution is 8.00. The number of carbonyl (C=O) groups excluding carboxylic acids is 1. The average molecular weight is 447 g/mol. The Kier molecular flexibility index (Phi) is 6.52. The van der Waals surface area contributed by atoms with Gasteiger partial charge in [0.1, 0.15) is 5.01 Å². The largest absolute Gasteiger partial charge is 0.450 e. The molecule has 3 rings (SSSR count). The third-order valence-corrected chi connectivity index (χ3v) is 6.19. The number of amides is 1. The molecule has 0 saturated carbocycles. The number of anilines is 1. The zero-order valence-electron chi connectivity index (χ0n) is 14.3. The molecule has 1 amide bonds. The van der Waals surface area contributed by atoms with Crippen molar-refractivity contribution in [2.45, 2.75) is 23.2 Å². The molecule has 2 heterocycles. The summed E-state index contributed by atoms with van der Waals surface area (Å²) in [6, 6.07) is 4.92. The van der Waals surface area contributed by atoms with Crippen molar-refractivity contribution in [2.24, 2.45) is 0 Å². The normalized spacial score (nSPS) is 11.4. The second kappa shape index (κ2) is 8.88. The van der Waals surface area contributed by atoms with Gasteiger partial charge in [0.25, 0.3) is 0 Å². The van der Waals surface area contributed by atoms with Crippen molar-refractivity contribution in [3.05, 3.63) is 40.9 Å². The summed E-state index contributed by atoms with van der Waals surface area (Å²) in [5.41, 5.74) is 0.721. The molecule has 0 unspecified atom stereocenters. The number of alkyl halides is 3. The van der Waals surface area contributed by atoms with Gasteiger partial charge in [0, 0.05) is 16.7 Å². The first-order valence-electron chi connectivity index (χ1n) is 7.87. The van der Waals surface area contributed by atoms with Crippen LogP contribution in [0.2, 0.25) is 0 Å². The number of nitrogens with one attached hydrogen (secondary N) is 1. The number of hydrogen-bond donors (Lipinski definition) is 1. The SMILES string of the molecule is CCOC(=O)Nc1nnc(SCc2csc(-c3ccc(C(F)(F)F)cc3)n2)s1. The topological polar surface area (TPSA) is 77.0 Å². The quantitative estimate of drug-likeness (QED) is 0.396. The molecule has 1 aromatic carbocycles. The Morgan fingerprint density at radius 2 is 2.00 bits per heavy atom. The number of rotatable bonds is 6. The van der Waals surface area contributed by atoms with Crippen LogP contribution in [0.3, 0.4) is 0 Å². The number of thiazole rings is 1. The van der Waals surface area contributed by atoms with E-state index in [4.69, 9.17) is 4.74 Å². The summed E-state index contributed by atoms with van der Waals surface area (Å²) < 4.78 is 43.3. The molecule has 12 heteroatoms. The predicted octanol–water partition coefficient (Wildman–Crippen LogP) is 5.54. The molecule has 0 aliphatic carbocycles. The zero-order valence-corrected chi connectivity index (χ0v) is 16.8. The van der Waals surface area contributed by atoms with Gasteiger partial charge in [-0.05, 0) is 19.1 Å². The van der Waals surface area contributed by atoms with Crippen LogP contribution >= 0.6 is 34.4 Å². The fourth-order valence-corrected chi connectivity index (χ4v) is 4.58. The fraction of sp³-hybridized carbons (Fsp3) is 0.250. The number of hydrogen-bond acceptors (Lipinski definition) is 8. The minimum Gasteiger partial charge on any atom is -0.450 e. The van der Waals surface area contributed by atoms with Crippen LogP contribution in [0.15, 0.2) is 34.0 Å². The fourth-order valence-electron chi connectivity index (χ4n) is 2.02. The standard InChI is InChI=1S/C16H13F3N4O2S3/c1-2-25-14(24)21-13-22-23-15(28-13)27-8-11-7-26-12(20-11)9-3-5-10(6-4-9)16(17,18)19/h3-7H,2,8H2,1H3,(H,21,22,24). The van der Waals surface area contributed by atoms with Crippen LogP contribution in [0.5, 0.6) is 0 Å². The van der Waals surface area contributed by atoms with Crippen molar-refractivity contribution in [1.82, 2.24) is 15.2 Å². The third-order valence-electron chi connectivity index (χ3n) is 3.25. The Bertz CT molecular complexity index is 941. The monoisotopic (exact) mass is 446 g/mol. The highest BCUT2D eigenvalue weighted by atomic mass is 32.2. The number of thioether (sulfide) groups is 1. The molecule has 0 fully saturated rings. The summed E-state index contributed by atoms with van der Waals surface area (Å²) in [6.07, 6.45) is -4.94. The number of nitrogens with zero attached hydrogens (tertiary/aromatic N) is 3. The third kappa shape index (κ3) is 5.42. The maximum Gasteiger partial charge on any atom is 0.416 e. The van der Waals surface area contributed by atoms with E-state index in [1.54, 1.807) is 6.92 Å². The van der Waals surface area contributed by atoms with Crippen molar-refractivity contribution in [3.63, 3.8) is 0 Å². The van der Waals surface area contributed by atoms with Gasteiger partial charge in [-0.2, -0.15) is 13.2 Å². The summed E-state index contributed by atoms with van der Waals surface area (Å²) in [4.78, 5) is 15.8. The minimum absolute atomic E-state index is 0.261. The van der Waals surface area contributed by atoms with E-state index in [-0.39, 0.29) is 6.61 Å². The maximum absolute atomic E-state index is 12.6. The van der Waals surface area contributed by atoms with Gasteiger partial charge in [0.05, 0.1) is 17.9 Å². The molecule has 0 saturated heterocycles. The van der Waals surface area contributed by atoms with Crippen molar-refractivity contribution >= 4 is 45.7 Å². The van der Waals surface area contributed by atoms with Gasteiger partial charge < -0.3 is 4.74 Å². The maximum atomic E-state index is 12.6. The molecule has 1 N–H and O–H groups in total. The minimum atomic E-state index is -4.36. The molecule has 0 radical (unpaired) electrons. The van der Waals surface area contributed by atoms with Gasteiger partial charge in [0.15, 0.2) is 4.34 Å². The van der Waals surface area contributed by atoms with E-state index < -0.39 is 17.8 Å². The molecular weight excluding hydrogens is 433 g/mol. The smallest absolute Gasteiger partial charge is 0.416 e. The first-order chi connectivity index (χ1) is 13.3. The molecule has 0 aliphatic heterocycles. The number of ether oxygens (including phenoxy) is 1. The molecule has 148 valence electrons. The first kappa shape index (κ1) is 20.6. The van der Waals surface area contributed by atoms with E-state index in [0.29, 0.717) is 25.8 Å².